The van der Waals surface area contributed by atoms with Crippen LogP contribution in [-0.2, 0) is 4.79 Å². The minimum Gasteiger partial charge on any atom is -0.339 e. The van der Waals surface area contributed by atoms with Crippen molar-refractivity contribution in [3.8, 4) is 0 Å². The maximum absolute atomic E-state index is 13.3. The molecule has 4 heterocycles. The molecule has 3 fully saturated rings. The van der Waals surface area contributed by atoms with Crippen LogP contribution in [0.15, 0.2) is 12.1 Å². The summed E-state index contributed by atoms with van der Waals surface area (Å²) in [6.07, 6.45) is 10.2. The molecule has 0 unspecified atom stereocenters. The minimum atomic E-state index is -0.0170. The topological polar surface area (TPSA) is 70.8 Å². The Morgan fingerprint density at radius 3 is 2.72 bits per heavy atom. The second-order valence-corrected chi connectivity index (χ2v) is 10.1. The number of piperidine rings is 2. The van der Waals surface area contributed by atoms with Crippen molar-refractivity contribution >= 4 is 17.5 Å². The molecule has 0 bridgehead atoms. The van der Waals surface area contributed by atoms with E-state index in [1.54, 1.807) is 10.6 Å². The number of aryl methyl sites for hydroxylation is 2. The molecule has 1 saturated carbocycles. The number of fused-ring (bicyclic) bond motifs is 2. The molecule has 2 saturated heterocycles. The monoisotopic (exact) mass is 437 g/mol. The van der Waals surface area contributed by atoms with Crippen molar-refractivity contribution in [1.29, 1.82) is 0 Å². The van der Waals surface area contributed by atoms with Gasteiger partial charge in [-0.3, -0.25) is 9.59 Å². The van der Waals surface area contributed by atoms with Gasteiger partial charge in [0.1, 0.15) is 0 Å². The fourth-order valence-electron chi connectivity index (χ4n) is 6.18. The lowest BCUT2D eigenvalue weighted by atomic mass is 9.82. The van der Waals surface area contributed by atoms with E-state index in [-0.39, 0.29) is 11.9 Å². The minimum absolute atomic E-state index is 0.0170. The van der Waals surface area contributed by atoms with Gasteiger partial charge in [-0.2, -0.15) is 5.10 Å². The van der Waals surface area contributed by atoms with Crippen molar-refractivity contribution in [2.75, 3.05) is 19.6 Å². The van der Waals surface area contributed by atoms with Gasteiger partial charge >= 0.3 is 0 Å². The molecule has 2 aliphatic heterocycles. The summed E-state index contributed by atoms with van der Waals surface area (Å²) in [4.78, 5) is 34.6. The third-order valence-electron chi connectivity index (χ3n) is 7.89. The van der Waals surface area contributed by atoms with E-state index >= 15 is 0 Å². The zero-order chi connectivity index (χ0) is 22.2. The summed E-state index contributed by atoms with van der Waals surface area (Å²) in [7, 11) is 0. The fraction of sp³-hybridized carbons (Fsp3) is 0.680. The van der Waals surface area contributed by atoms with E-state index in [2.05, 4.69) is 15.0 Å². The van der Waals surface area contributed by atoms with E-state index in [4.69, 9.17) is 0 Å². The smallest absolute Gasteiger partial charge is 0.274 e. The van der Waals surface area contributed by atoms with Crippen LogP contribution >= 0.6 is 0 Å². The van der Waals surface area contributed by atoms with Gasteiger partial charge in [-0.15, -0.1) is 0 Å². The number of hydrogen-bond donors (Lipinski definition) is 0. The Balaban J connectivity index is 1.25. The Hall–Kier alpha value is -2.44. The number of carbonyl (C=O) groups is 2. The Labute approximate surface area is 190 Å². The molecule has 172 valence electrons. The largest absolute Gasteiger partial charge is 0.339 e. The molecule has 2 aromatic rings. The van der Waals surface area contributed by atoms with Crippen LogP contribution in [0.25, 0.3) is 5.65 Å². The summed E-state index contributed by atoms with van der Waals surface area (Å²) in [5.74, 6) is 1.46. The first-order valence-electron chi connectivity index (χ1n) is 12.4. The lowest BCUT2D eigenvalue weighted by molar-refractivity contribution is -0.140. The highest BCUT2D eigenvalue weighted by molar-refractivity contribution is 5.93. The molecule has 3 aliphatic rings. The molecule has 1 aliphatic carbocycles. The van der Waals surface area contributed by atoms with Gasteiger partial charge in [-0.25, -0.2) is 9.50 Å². The van der Waals surface area contributed by atoms with Crippen molar-refractivity contribution in [3.63, 3.8) is 0 Å². The standard InChI is InChI=1S/C25H35N5O2/c1-17-14-18(2)30-23(26-17)15-21(27-30)25(32)28-12-11-22-20(16-28)8-9-24(31)29(22)13-10-19-6-4-3-5-7-19/h14-15,19-20,22H,3-13,16H2,1-2H3/t20-,22+/m1/s1. The van der Waals surface area contributed by atoms with Crippen molar-refractivity contribution in [1.82, 2.24) is 24.4 Å². The molecule has 0 spiro atoms. The number of carbonyl (C=O) groups excluding carboxylic acids is 2. The Bertz CT molecular complexity index is 1010. The molecule has 7 nitrogen and oxygen atoms in total. The zero-order valence-electron chi connectivity index (χ0n) is 19.4. The Morgan fingerprint density at radius 2 is 1.91 bits per heavy atom. The van der Waals surface area contributed by atoms with Crippen LogP contribution < -0.4 is 0 Å². The molecule has 2 amide bonds. The SMILES string of the molecule is Cc1cc(C)n2nc(C(=O)N3CC[C@H]4[C@H](CCC(=O)N4CCC4CCCCC4)C3)cc2n1. The molecule has 7 heteroatoms. The van der Waals surface area contributed by atoms with E-state index in [1.807, 2.05) is 24.8 Å². The summed E-state index contributed by atoms with van der Waals surface area (Å²) in [6, 6.07) is 4.06. The molecular weight excluding hydrogens is 402 g/mol. The van der Waals surface area contributed by atoms with Gasteiger partial charge in [0.05, 0.1) is 0 Å². The number of rotatable bonds is 4. The normalized spacial score (nSPS) is 24.8. The lowest BCUT2D eigenvalue weighted by Crippen LogP contribution is -2.57. The number of aromatic nitrogens is 3. The van der Waals surface area contributed by atoms with E-state index in [0.29, 0.717) is 30.5 Å². The average molecular weight is 438 g/mol. The first-order chi connectivity index (χ1) is 15.5. The molecule has 0 radical (unpaired) electrons. The summed E-state index contributed by atoms with van der Waals surface area (Å²) >= 11 is 0. The van der Waals surface area contributed by atoms with E-state index < -0.39 is 0 Å². The second kappa shape index (κ2) is 8.83. The number of amides is 2. The van der Waals surface area contributed by atoms with Gasteiger partial charge in [-0.05, 0) is 51.0 Å². The number of likely N-dealkylation sites (tertiary alicyclic amines) is 2. The third-order valence-corrected chi connectivity index (χ3v) is 7.89. The van der Waals surface area contributed by atoms with Crippen LogP contribution in [0.1, 0.15) is 79.7 Å². The molecule has 5 rings (SSSR count). The number of nitrogens with zero attached hydrogens (tertiary/aromatic N) is 5. The van der Waals surface area contributed by atoms with Gasteiger partial charge < -0.3 is 9.80 Å². The molecule has 0 N–H and O–H groups in total. The summed E-state index contributed by atoms with van der Waals surface area (Å²) in [5.41, 5.74) is 3.09. The van der Waals surface area contributed by atoms with Crippen LogP contribution in [0.5, 0.6) is 0 Å². The highest BCUT2D eigenvalue weighted by Gasteiger charge is 2.40. The molecule has 0 aromatic carbocycles. The average Bonchev–Trinajstić information content (AvgIpc) is 3.23. The fourth-order valence-corrected chi connectivity index (χ4v) is 6.18. The molecule has 2 aromatic heterocycles. The van der Waals surface area contributed by atoms with Gasteiger partial charge in [0.15, 0.2) is 11.3 Å². The van der Waals surface area contributed by atoms with Crippen LogP contribution in [0.2, 0.25) is 0 Å². The maximum atomic E-state index is 13.3. The molecular formula is C25H35N5O2. The van der Waals surface area contributed by atoms with Crippen LogP contribution in [0.3, 0.4) is 0 Å². The molecule has 2 atom stereocenters. The van der Waals surface area contributed by atoms with E-state index in [0.717, 1.165) is 55.3 Å². The predicted octanol–water partition coefficient (Wildman–Crippen LogP) is 3.77. The second-order valence-electron chi connectivity index (χ2n) is 10.1. The van der Waals surface area contributed by atoms with Crippen molar-refractivity contribution in [2.45, 2.75) is 77.7 Å². The summed E-state index contributed by atoms with van der Waals surface area (Å²) in [6.45, 7) is 6.24. The van der Waals surface area contributed by atoms with Crippen LogP contribution in [0.4, 0.5) is 0 Å². The highest BCUT2D eigenvalue weighted by Crippen LogP contribution is 2.33. The van der Waals surface area contributed by atoms with Crippen LogP contribution in [0, 0.1) is 25.7 Å². The summed E-state index contributed by atoms with van der Waals surface area (Å²) < 4.78 is 1.75. The Kier molecular flexibility index (Phi) is 5.91. The quantitative estimate of drug-likeness (QED) is 0.730. The van der Waals surface area contributed by atoms with Crippen molar-refractivity contribution < 1.29 is 9.59 Å². The van der Waals surface area contributed by atoms with Gasteiger partial charge in [0.25, 0.3) is 5.91 Å². The van der Waals surface area contributed by atoms with Gasteiger partial charge in [-0.1, -0.05) is 32.1 Å². The van der Waals surface area contributed by atoms with E-state index in [9.17, 15) is 9.59 Å². The predicted molar refractivity (Wildman–Crippen MR) is 122 cm³/mol. The van der Waals surface area contributed by atoms with Gasteiger partial charge in [0, 0.05) is 49.6 Å². The van der Waals surface area contributed by atoms with Crippen molar-refractivity contribution in [2.24, 2.45) is 11.8 Å². The van der Waals surface area contributed by atoms with E-state index in [1.165, 1.54) is 32.1 Å². The van der Waals surface area contributed by atoms with Crippen molar-refractivity contribution in [3.05, 3.63) is 29.2 Å². The van der Waals surface area contributed by atoms with Gasteiger partial charge in [0.2, 0.25) is 5.91 Å². The maximum Gasteiger partial charge on any atom is 0.274 e. The number of hydrogen-bond acceptors (Lipinski definition) is 4. The first-order valence-corrected chi connectivity index (χ1v) is 12.4. The lowest BCUT2D eigenvalue weighted by Gasteiger charge is -2.47. The first kappa shape index (κ1) is 21.4. The Morgan fingerprint density at radius 1 is 1.09 bits per heavy atom. The third kappa shape index (κ3) is 4.14. The summed E-state index contributed by atoms with van der Waals surface area (Å²) in [5, 5.41) is 4.54. The molecule has 32 heavy (non-hydrogen) atoms. The highest BCUT2D eigenvalue weighted by atomic mass is 16.2. The zero-order valence-corrected chi connectivity index (χ0v) is 19.4. The van der Waals surface area contributed by atoms with Crippen LogP contribution in [-0.4, -0.2) is 61.9 Å².